The zero-order valence-corrected chi connectivity index (χ0v) is 19.7. The largest absolute Gasteiger partial charge is 0.455 e. The van der Waals surface area contributed by atoms with Gasteiger partial charge in [-0.2, -0.15) is 0 Å². The number of furan rings is 1. The molecule has 0 amide bonds. The monoisotopic (exact) mass is 461 g/mol. The molecule has 1 atom stereocenters. The van der Waals surface area contributed by atoms with E-state index in [2.05, 4.69) is 36.4 Å². The molecular weight excluding hydrogens is 433 g/mol. The third-order valence-corrected chi connectivity index (χ3v) is 8.46. The van der Waals surface area contributed by atoms with Crippen LogP contribution in [-0.4, -0.2) is 4.98 Å². The molecular formula is C32H28FNO. The first-order chi connectivity index (χ1) is 17.2. The van der Waals surface area contributed by atoms with Crippen LogP contribution in [0.5, 0.6) is 0 Å². The second kappa shape index (κ2) is 8.34. The van der Waals surface area contributed by atoms with Crippen LogP contribution in [0.2, 0.25) is 0 Å². The number of aromatic nitrogens is 1. The summed E-state index contributed by atoms with van der Waals surface area (Å²) in [6.45, 7) is 0. The van der Waals surface area contributed by atoms with Gasteiger partial charge < -0.3 is 4.42 Å². The fraction of sp³-hybridized carbons (Fsp3) is 0.281. The van der Waals surface area contributed by atoms with E-state index in [4.69, 9.17) is 9.40 Å². The minimum absolute atomic E-state index is 0.290. The Balaban J connectivity index is 1.35. The predicted molar refractivity (Wildman–Crippen MR) is 140 cm³/mol. The van der Waals surface area contributed by atoms with Crippen LogP contribution in [0.4, 0.5) is 4.39 Å². The van der Waals surface area contributed by atoms with Crippen molar-refractivity contribution in [3.8, 4) is 22.4 Å². The highest BCUT2D eigenvalue weighted by molar-refractivity contribution is 6.16. The maximum atomic E-state index is 14.1. The highest BCUT2D eigenvalue weighted by atomic mass is 19.1. The molecule has 5 aromatic rings. The maximum absolute atomic E-state index is 14.1. The lowest BCUT2D eigenvalue weighted by Crippen LogP contribution is -2.32. The number of benzene rings is 3. The zero-order chi connectivity index (χ0) is 23.4. The Bertz CT molecular complexity index is 1530. The van der Waals surface area contributed by atoms with Gasteiger partial charge in [-0.25, -0.2) is 4.39 Å². The van der Waals surface area contributed by atoms with Gasteiger partial charge in [0.2, 0.25) is 0 Å². The summed E-state index contributed by atoms with van der Waals surface area (Å²) in [4.78, 5) is 4.76. The summed E-state index contributed by atoms with van der Waals surface area (Å²) in [5.41, 5.74) is 6.78. The van der Waals surface area contributed by atoms with Gasteiger partial charge in [0.05, 0.1) is 5.69 Å². The molecule has 0 aliphatic heterocycles. The number of rotatable bonds is 4. The van der Waals surface area contributed by atoms with Gasteiger partial charge in [-0.05, 0) is 90.5 Å². The molecule has 0 N–H and O–H groups in total. The summed E-state index contributed by atoms with van der Waals surface area (Å²) >= 11 is 0. The van der Waals surface area contributed by atoms with E-state index in [1.807, 2.05) is 30.5 Å². The summed E-state index contributed by atoms with van der Waals surface area (Å²) in [5, 5.41) is 1.94. The molecule has 0 radical (unpaired) electrons. The summed E-state index contributed by atoms with van der Waals surface area (Å²) < 4.78 is 20.4. The molecule has 2 aromatic heterocycles. The first-order valence-electron chi connectivity index (χ1n) is 12.9. The number of pyridine rings is 1. The third-order valence-electron chi connectivity index (χ3n) is 8.46. The molecule has 174 valence electrons. The van der Waals surface area contributed by atoms with Crippen molar-refractivity contribution >= 4 is 21.9 Å². The van der Waals surface area contributed by atoms with Crippen LogP contribution >= 0.6 is 0 Å². The predicted octanol–water partition coefficient (Wildman–Crippen LogP) is 8.82. The quantitative estimate of drug-likeness (QED) is 0.267. The Morgan fingerprint density at radius 3 is 2.49 bits per heavy atom. The van der Waals surface area contributed by atoms with Crippen LogP contribution in [0, 0.1) is 23.6 Å². The number of fused-ring (bicyclic) bond motifs is 6. The second-order valence-corrected chi connectivity index (χ2v) is 10.5. The van der Waals surface area contributed by atoms with Crippen molar-refractivity contribution in [1.29, 1.82) is 0 Å². The maximum Gasteiger partial charge on any atom is 0.145 e. The van der Waals surface area contributed by atoms with Gasteiger partial charge in [-0.1, -0.05) is 49.2 Å². The van der Waals surface area contributed by atoms with E-state index in [1.54, 1.807) is 0 Å². The minimum Gasteiger partial charge on any atom is -0.455 e. The Morgan fingerprint density at radius 1 is 0.857 bits per heavy atom. The van der Waals surface area contributed by atoms with Crippen LogP contribution in [0.1, 0.15) is 37.7 Å². The van der Waals surface area contributed by atoms with Gasteiger partial charge in [-0.15, -0.1) is 0 Å². The van der Waals surface area contributed by atoms with Crippen LogP contribution in [0.15, 0.2) is 83.4 Å². The lowest BCUT2D eigenvalue weighted by molar-refractivity contribution is 0.0991. The molecule has 35 heavy (non-hydrogen) atoms. The van der Waals surface area contributed by atoms with Gasteiger partial charge in [0.1, 0.15) is 17.0 Å². The molecule has 3 aliphatic carbocycles. The van der Waals surface area contributed by atoms with Gasteiger partial charge in [-0.3, -0.25) is 4.98 Å². The van der Waals surface area contributed by atoms with E-state index in [-0.39, 0.29) is 5.82 Å². The minimum atomic E-state index is -0.290. The third kappa shape index (κ3) is 3.65. The Kier molecular flexibility index (Phi) is 4.97. The molecule has 0 saturated heterocycles. The van der Waals surface area contributed by atoms with Gasteiger partial charge >= 0.3 is 0 Å². The van der Waals surface area contributed by atoms with E-state index < -0.39 is 0 Å². The number of hydrogen-bond acceptors (Lipinski definition) is 2. The lowest BCUT2D eigenvalue weighted by Gasteiger charge is -2.42. The van der Waals surface area contributed by atoms with Crippen molar-refractivity contribution in [1.82, 2.24) is 4.98 Å². The Morgan fingerprint density at radius 2 is 1.69 bits per heavy atom. The fourth-order valence-corrected chi connectivity index (χ4v) is 6.73. The SMILES string of the molecule is Fc1ccc2c(c1)oc1c(-c3cc(CC4CC5CCC4CC5)ccn3)ccc(-c3ccccc3)c12. The normalized spacial score (nSPS) is 21.7. The van der Waals surface area contributed by atoms with E-state index >= 15 is 0 Å². The van der Waals surface area contributed by atoms with Crippen molar-refractivity contribution in [3.63, 3.8) is 0 Å². The molecule has 1 unspecified atom stereocenters. The number of nitrogens with zero attached hydrogens (tertiary/aromatic N) is 1. The molecule has 3 fully saturated rings. The summed E-state index contributed by atoms with van der Waals surface area (Å²) in [7, 11) is 0. The standard InChI is InChI=1S/C32H28FNO/c33-25-10-11-28-30(19-25)35-32-27(13-12-26(31(28)32)23-4-2-1-3-5-23)29-18-21(14-15-34-29)17-24-16-20-6-8-22(24)9-7-20/h1-5,10-15,18-20,22,24H,6-9,16-17H2. The molecule has 3 heteroatoms. The second-order valence-electron chi connectivity index (χ2n) is 10.5. The molecule has 0 spiro atoms. The molecule has 3 aromatic carbocycles. The molecule has 8 rings (SSSR count). The summed E-state index contributed by atoms with van der Waals surface area (Å²) in [6.07, 6.45) is 10.1. The molecule has 3 saturated carbocycles. The Labute approximate surface area is 204 Å². The smallest absolute Gasteiger partial charge is 0.145 e. The highest BCUT2D eigenvalue weighted by Crippen LogP contribution is 2.46. The number of hydrogen-bond donors (Lipinski definition) is 0. The van der Waals surface area contributed by atoms with Crippen LogP contribution in [-0.2, 0) is 6.42 Å². The first kappa shape index (κ1) is 20.9. The average Bonchev–Trinajstić information content (AvgIpc) is 3.28. The van der Waals surface area contributed by atoms with E-state index in [9.17, 15) is 4.39 Å². The van der Waals surface area contributed by atoms with Crippen LogP contribution in [0.3, 0.4) is 0 Å². The molecule has 2 heterocycles. The Hall–Kier alpha value is -3.46. The average molecular weight is 462 g/mol. The van der Waals surface area contributed by atoms with E-state index in [0.717, 1.165) is 62.9 Å². The van der Waals surface area contributed by atoms with Crippen LogP contribution in [0.25, 0.3) is 44.3 Å². The zero-order valence-electron chi connectivity index (χ0n) is 19.7. The fourth-order valence-electron chi connectivity index (χ4n) is 6.73. The summed E-state index contributed by atoms with van der Waals surface area (Å²) in [6, 6.07) is 23.8. The number of halogens is 1. The van der Waals surface area contributed by atoms with Gasteiger partial charge in [0, 0.05) is 28.6 Å². The highest BCUT2D eigenvalue weighted by Gasteiger charge is 2.35. The first-order valence-corrected chi connectivity index (χ1v) is 12.9. The molecule has 2 nitrogen and oxygen atoms in total. The lowest BCUT2D eigenvalue weighted by atomic mass is 9.63. The van der Waals surface area contributed by atoms with E-state index in [0.29, 0.717) is 5.58 Å². The summed E-state index contributed by atoms with van der Waals surface area (Å²) in [5.74, 6) is 2.33. The van der Waals surface area contributed by atoms with Gasteiger partial charge in [0.15, 0.2) is 0 Å². The van der Waals surface area contributed by atoms with Crippen molar-refractivity contribution in [2.24, 2.45) is 17.8 Å². The van der Waals surface area contributed by atoms with Crippen molar-refractivity contribution in [2.45, 2.75) is 38.5 Å². The molecule has 3 aliphatic rings. The van der Waals surface area contributed by atoms with Crippen molar-refractivity contribution in [2.75, 3.05) is 0 Å². The molecule has 2 bridgehead atoms. The topological polar surface area (TPSA) is 26.0 Å². The van der Waals surface area contributed by atoms with E-state index in [1.165, 1.54) is 49.8 Å². The van der Waals surface area contributed by atoms with Crippen molar-refractivity contribution < 1.29 is 8.81 Å². The van der Waals surface area contributed by atoms with Gasteiger partial charge in [0.25, 0.3) is 0 Å². The van der Waals surface area contributed by atoms with Crippen LogP contribution < -0.4 is 0 Å². The van der Waals surface area contributed by atoms with Crippen molar-refractivity contribution in [3.05, 3.63) is 90.4 Å².